The van der Waals surface area contributed by atoms with E-state index < -0.39 is 0 Å². The molecule has 25 heavy (non-hydrogen) atoms. The molecular weight excluding hydrogens is 314 g/mol. The maximum absolute atomic E-state index is 9.03. The molecule has 0 unspecified atom stereocenters. The van der Waals surface area contributed by atoms with Crippen LogP contribution in [0.1, 0.15) is 25.5 Å². The fourth-order valence-electron chi connectivity index (χ4n) is 3.20. The van der Waals surface area contributed by atoms with E-state index in [9.17, 15) is 0 Å². The molecule has 0 aromatic carbocycles. The topological polar surface area (TPSA) is 74.2 Å². The fourth-order valence-corrected chi connectivity index (χ4v) is 3.20. The van der Waals surface area contributed by atoms with Crippen molar-refractivity contribution in [1.82, 2.24) is 19.9 Å². The number of piperidine rings is 1. The first-order valence-corrected chi connectivity index (χ1v) is 9.14. The Balaban J connectivity index is 1.63. The van der Waals surface area contributed by atoms with Gasteiger partial charge in [0.15, 0.2) is 5.82 Å². The van der Waals surface area contributed by atoms with E-state index in [-0.39, 0.29) is 6.61 Å². The third-order valence-corrected chi connectivity index (χ3v) is 4.78. The molecule has 2 aromatic heterocycles. The first-order chi connectivity index (χ1) is 12.3. The Morgan fingerprint density at radius 3 is 2.64 bits per heavy atom. The number of rotatable bonds is 7. The minimum Gasteiger partial charge on any atom is -0.395 e. The SMILES string of the molecule is CCc1cc(NCC2CCN(CCO)CC2)nc(-c2ccncc2)n1. The van der Waals surface area contributed by atoms with Gasteiger partial charge in [-0.3, -0.25) is 4.98 Å². The second kappa shape index (κ2) is 8.87. The van der Waals surface area contributed by atoms with Gasteiger partial charge in [-0.05, 0) is 50.4 Å². The molecule has 1 aliphatic heterocycles. The van der Waals surface area contributed by atoms with Crippen LogP contribution in [0.2, 0.25) is 0 Å². The van der Waals surface area contributed by atoms with Gasteiger partial charge in [-0.25, -0.2) is 9.97 Å². The van der Waals surface area contributed by atoms with Crippen LogP contribution in [-0.4, -0.2) is 57.7 Å². The van der Waals surface area contributed by atoms with Crippen molar-refractivity contribution in [3.05, 3.63) is 36.3 Å². The summed E-state index contributed by atoms with van der Waals surface area (Å²) in [6.07, 6.45) is 6.75. The third kappa shape index (κ3) is 4.96. The maximum Gasteiger partial charge on any atom is 0.161 e. The van der Waals surface area contributed by atoms with Crippen molar-refractivity contribution >= 4 is 5.82 Å². The second-order valence-electron chi connectivity index (χ2n) is 6.55. The van der Waals surface area contributed by atoms with E-state index in [1.165, 1.54) is 0 Å². The van der Waals surface area contributed by atoms with Crippen LogP contribution in [-0.2, 0) is 6.42 Å². The average molecular weight is 341 g/mol. The lowest BCUT2D eigenvalue weighted by atomic mass is 9.97. The Morgan fingerprint density at radius 1 is 1.20 bits per heavy atom. The monoisotopic (exact) mass is 341 g/mol. The molecule has 0 saturated carbocycles. The number of hydrogen-bond donors (Lipinski definition) is 2. The fraction of sp³-hybridized carbons (Fsp3) is 0.526. The summed E-state index contributed by atoms with van der Waals surface area (Å²) in [4.78, 5) is 15.7. The van der Waals surface area contributed by atoms with Crippen LogP contribution in [0, 0.1) is 5.92 Å². The Hall–Kier alpha value is -2.05. The highest BCUT2D eigenvalue weighted by Crippen LogP contribution is 2.20. The highest BCUT2D eigenvalue weighted by molar-refractivity contribution is 5.56. The molecule has 0 bridgehead atoms. The normalized spacial score (nSPS) is 16.1. The van der Waals surface area contributed by atoms with Crippen molar-refractivity contribution in [2.45, 2.75) is 26.2 Å². The second-order valence-corrected chi connectivity index (χ2v) is 6.55. The number of aryl methyl sites for hydroxylation is 1. The van der Waals surface area contributed by atoms with Crippen molar-refractivity contribution in [3.8, 4) is 11.4 Å². The lowest BCUT2D eigenvalue weighted by Crippen LogP contribution is -2.37. The van der Waals surface area contributed by atoms with E-state index >= 15 is 0 Å². The zero-order valence-corrected chi connectivity index (χ0v) is 14.9. The van der Waals surface area contributed by atoms with Crippen molar-refractivity contribution in [2.24, 2.45) is 5.92 Å². The van der Waals surface area contributed by atoms with Crippen LogP contribution in [0.15, 0.2) is 30.6 Å². The predicted molar refractivity (Wildman–Crippen MR) is 99.4 cm³/mol. The number of nitrogens with zero attached hydrogens (tertiary/aromatic N) is 4. The van der Waals surface area contributed by atoms with Gasteiger partial charge in [-0.1, -0.05) is 6.92 Å². The summed E-state index contributed by atoms with van der Waals surface area (Å²) >= 11 is 0. The van der Waals surface area contributed by atoms with Crippen molar-refractivity contribution < 1.29 is 5.11 Å². The molecule has 3 heterocycles. The number of anilines is 1. The lowest BCUT2D eigenvalue weighted by Gasteiger charge is -2.31. The molecule has 6 nitrogen and oxygen atoms in total. The Labute approximate surface area is 149 Å². The van der Waals surface area contributed by atoms with E-state index in [0.29, 0.717) is 5.92 Å². The highest BCUT2D eigenvalue weighted by Gasteiger charge is 2.18. The number of β-amino-alcohol motifs (C(OH)–C–C–N with tert-alkyl or cyclic N) is 1. The zero-order valence-electron chi connectivity index (χ0n) is 14.9. The van der Waals surface area contributed by atoms with E-state index in [1.54, 1.807) is 12.4 Å². The van der Waals surface area contributed by atoms with Crippen LogP contribution >= 0.6 is 0 Å². The summed E-state index contributed by atoms with van der Waals surface area (Å²) in [5.41, 5.74) is 2.03. The molecular formula is C19H27N5O. The first kappa shape index (κ1) is 17.8. The summed E-state index contributed by atoms with van der Waals surface area (Å²) < 4.78 is 0. The molecule has 1 fully saturated rings. The molecule has 134 valence electrons. The van der Waals surface area contributed by atoms with Gasteiger partial charge in [-0.2, -0.15) is 0 Å². The Morgan fingerprint density at radius 2 is 1.96 bits per heavy atom. The first-order valence-electron chi connectivity index (χ1n) is 9.14. The number of likely N-dealkylation sites (tertiary alicyclic amines) is 1. The predicted octanol–water partition coefficient (Wildman–Crippen LogP) is 2.22. The van der Waals surface area contributed by atoms with Gasteiger partial charge in [0.1, 0.15) is 5.82 Å². The van der Waals surface area contributed by atoms with Gasteiger partial charge in [-0.15, -0.1) is 0 Å². The summed E-state index contributed by atoms with van der Waals surface area (Å²) in [6, 6.07) is 5.93. The molecule has 1 saturated heterocycles. The van der Waals surface area contributed by atoms with Crippen molar-refractivity contribution in [2.75, 3.05) is 38.1 Å². The summed E-state index contributed by atoms with van der Waals surface area (Å²) in [6.45, 7) is 6.23. The van der Waals surface area contributed by atoms with E-state index in [2.05, 4.69) is 32.1 Å². The molecule has 2 aromatic rings. The molecule has 0 amide bonds. The lowest BCUT2D eigenvalue weighted by molar-refractivity contribution is 0.151. The molecule has 1 aliphatic rings. The smallest absolute Gasteiger partial charge is 0.161 e. The van der Waals surface area contributed by atoms with Crippen LogP contribution in [0.3, 0.4) is 0 Å². The van der Waals surface area contributed by atoms with Crippen LogP contribution in [0.4, 0.5) is 5.82 Å². The number of hydrogen-bond acceptors (Lipinski definition) is 6. The summed E-state index contributed by atoms with van der Waals surface area (Å²) in [5, 5.41) is 12.5. The minimum atomic E-state index is 0.251. The third-order valence-electron chi connectivity index (χ3n) is 4.78. The van der Waals surface area contributed by atoms with Gasteiger partial charge < -0.3 is 15.3 Å². The Kier molecular flexibility index (Phi) is 6.30. The van der Waals surface area contributed by atoms with Gasteiger partial charge in [0, 0.05) is 42.8 Å². The van der Waals surface area contributed by atoms with Crippen molar-refractivity contribution in [3.63, 3.8) is 0 Å². The quantitative estimate of drug-likeness (QED) is 0.804. The van der Waals surface area contributed by atoms with Gasteiger partial charge in [0.25, 0.3) is 0 Å². The maximum atomic E-state index is 9.03. The zero-order chi connectivity index (χ0) is 17.5. The molecule has 0 radical (unpaired) electrons. The highest BCUT2D eigenvalue weighted by atomic mass is 16.3. The van der Waals surface area contributed by atoms with Gasteiger partial charge in [0.05, 0.1) is 6.61 Å². The Bertz CT molecular complexity index is 656. The molecule has 3 rings (SSSR count). The van der Waals surface area contributed by atoms with Gasteiger partial charge >= 0.3 is 0 Å². The van der Waals surface area contributed by atoms with Crippen LogP contribution in [0.5, 0.6) is 0 Å². The van der Waals surface area contributed by atoms with E-state index in [0.717, 1.165) is 68.3 Å². The van der Waals surface area contributed by atoms with Crippen LogP contribution in [0.25, 0.3) is 11.4 Å². The molecule has 0 aliphatic carbocycles. The van der Waals surface area contributed by atoms with E-state index in [1.807, 2.05) is 18.2 Å². The summed E-state index contributed by atoms with van der Waals surface area (Å²) in [5.74, 6) is 2.30. The number of pyridine rings is 1. The molecule has 6 heteroatoms. The van der Waals surface area contributed by atoms with Crippen LogP contribution < -0.4 is 5.32 Å². The number of aromatic nitrogens is 3. The minimum absolute atomic E-state index is 0.251. The summed E-state index contributed by atoms with van der Waals surface area (Å²) in [7, 11) is 0. The largest absolute Gasteiger partial charge is 0.395 e. The average Bonchev–Trinajstić information content (AvgIpc) is 2.68. The number of nitrogens with one attached hydrogen (secondary N) is 1. The molecule has 0 atom stereocenters. The van der Waals surface area contributed by atoms with Crippen molar-refractivity contribution in [1.29, 1.82) is 0 Å². The standard InChI is InChI=1S/C19H27N5O/c1-2-17-13-18(23-19(22-17)16-3-7-20-8-4-16)21-14-15-5-9-24(10-6-15)11-12-25/h3-4,7-8,13,15,25H,2,5-6,9-12,14H2,1H3,(H,21,22,23). The van der Waals surface area contributed by atoms with E-state index in [4.69, 9.17) is 5.11 Å². The molecule has 2 N–H and O–H groups in total. The number of aliphatic hydroxyl groups is 1. The number of aliphatic hydroxyl groups excluding tert-OH is 1. The van der Waals surface area contributed by atoms with Gasteiger partial charge in [0.2, 0.25) is 0 Å². The molecule has 0 spiro atoms.